The summed E-state index contributed by atoms with van der Waals surface area (Å²) in [5, 5.41) is 3.91. The highest BCUT2D eigenvalue weighted by Gasteiger charge is 2.11. The van der Waals surface area contributed by atoms with Gasteiger partial charge in [0.2, 0.25) is 5.89 Å². The Morgan fingerprint density at radius 2 is 2.04 bits per heavy atom. The fourth-order valence-corrected chi connectivity index (χ4v) is 2.39. The Hall–Kier alpha value is -2.51. The average Bonchev–Trinajstić information content (AvgIpc) is 3.18. The third-order valence-corrected chi connectivity index (χ3v) is 3.50. The van der Waals surface area contributed by atoms with E-state index in [4.69, 9.17) is 10.3 Å². The van der Waals surface area contributed by atoms with Crippen LogP contribution in [-0.2, 0) is 26.2 Å². The van der Waals surface area contributed by atoms with Crippen molar-refractivity contribution in [1.29, 1.82) is 0 Å². The quantitative estimate of drug-likeness (QED) is 0.710. The zero-order chi connectivity index (χ0) is 16.1. The minimum Gasteiger partial charge on any atom is -0.338 e. The van der Waals surface area contributed by atoms with Crippen molar-refractivity contribution in [3.8, 4) is 0 Å². The molecule has 2 aromatic heterocycles. The number of rotatable bonds is 7. The second-order valence-corrected chi connectivity index (χ2v) is 5.44. The maximum absolute atomic E-state index is 5.47. The molecule has 0 aliphatic rings. The Bertz CT molecular complexity index is 736. The molecule has 2 N–H and O–H groups in total. The van der Waals surface area contributed by atoms with Gasteiger partial charge in [0.1, 0.15) is 5.82 Å². The number of nitrogens with zero attached hydrogens (tertiary/aromatic N) is 5. The van der Waals surface area contributed by atoms with Gasteiger partial charge in [-0.15, -0.1) is 0 Å². The second-order valence-electron chi connectivity index (χ2n) is 5.44. The van der Waals surface area contributed by atoms with Crippen LogP contribution in [0.3, 0.4) is 0 Å². The van der Waals surface area contributed by atoms with Gasteiger partial charge in [-0.1, -0.05) is 35.5 Å². The summed E-state index contributed by atoms with van der Waals surface area (Å²) in [4.78, 5) is 10.8. The highest BCUT2D eigenvalue weighted by atomic mass is 16.5. The first-order chi connectivity index (χ1) is 11.2. The minimum atomic E-state index is 0.262. The lowest BCUT2D eigenvalue weighted by Gasteiger charge is -2.15. The average molecular weight is 312 g/mol. The van der Waals surface area contributed by atoms with Gasteiger partial charge in [0, 0.05) is 18.9 Å². The Kier molecular flexibility index (Phi) is 4.80. The van der Waals surface area contributed by atoms with Gasteiger partial charge in [-0.05, 0) is 12.6 Å². The number of hydrogen-bond donors (Lipinski definition) is 1. The van der Waals surface area contributed by atoms with Gasteiger partial charge in [-0.3, -0.25) is 4.90 Å². The molecule has 3 aromatic rings. The van der Waals surface area contributed by atoms with Crippen LogP contribution in [0.5, 0.6) is 0 Å². The number of benzene rings is 1. The Morgan fingerprint density at radius 1 is 1.22 bits per heavy atom. The molecule has 0 spiro atoms. The van der Waals surface area contributed by atoms with Crippen molar-refractivity contribution in [2.45, 2.75) is 26.2 Å². The lowest BCUT2D eigenvalue weighted by molar-refractivity contribution is 0.289. The first-order valence-electron chi connectivity index (χ1n) is 7.48. The van der Waals surface area contributed by atoms with Crippen molar-refractivity contribution in [1.82, 2.24) is 24.6 Å². The summed E-state index contributed by atoms with van der Waals surface area (Å²) < 4.78 is 7.17. The van der Waals surface area contributed by atoms with E-state index >= 15 is 0 Å². The lowest BCUT2D eigenvalue weighted by Crippen LogP contribution is -2.21. The first-order valence-corrected chi connectivity index (χ1v) is 7.48. The van der Waals surface area contributed by atoms with Gasteiger partial charge in [0.05, 0.1) is 19.6 Å². The van der Waals surface area contributed by atoms with Crippen LogP contribution in [0.15, 0.2) is 47.2 Å². The van der Waals surface area contributed by atoms with E-state index in [9.17, 15) is 0 Å². The molecule has 3 rings (SSSR count). The SMILES string of the molecule is CN(Cc1noc(CN)n1)Cc1nccn1Cc1ccccc1. The zero-order valence-electron chi connectivity index (χ0n) is 13.1. The van der Waals surface area contributed by atoms with Crippen LogP contribution in [0, 0.1) is 0 Å². The standard InChI is InChI=1S/C16H20N6O/c1-21(11-14-19-16(9-17)23-20-14)12-15-18-7-8-22(15)10-13-5-3-2-4-6-13/h2-8H,9-12,17H2,1H3. The molecule has 0 saturated carbocycles. The van der Waals surface area contributed by atoms with Gasteiger partial charge in [-0.2, -0.15) is 4.98 Å². The molecule has 120 valence electrons. The Labute approximate surface area is 134 Å². The van der Waals surface area contributed by atoms with Gasteiger partial charge < -0.3 is 14.8 Å². The third-order valence-electron chi connectivity index (χ3n) is 3.50. The molecule has 7 heteroatoms. The molecule has 0 aliphatic heterocycles. The van der Waals surface area contributed by atoms with E-state index < -0.39 is 0 Å². The molecular formula is C16H20N6O. The largest absolute Gasteiger partial charge is 0.338 e. The van der Waals surface area contributed by atoms with Crippen molar-refractivity contribution in [2.24, 2.45) is 5.73 Å². The van der Waals surface area contributed by atoms with Gasteiger partial charge in [0.15, 0.2) is 5.82 Å². The topological polar surface area (TPSA) is 86.0 Å². The van der Waals surface area contributed by atoms with Crippen LogP contribution < -0.4 is 5.73 Å². The smallest absolute Gasteiger partial charge is 0.240 e. The lowest BCUT2D eigenvalue weighted by atomic mass is 10.2. The molecule has 0 radical (unpaired) electrons. The third kappa shape index (κ3) is 4.02. The fourth-order valence-electron chi connectivity index (χ4n) is 2.39. The number of hydrogen-bond acceptors (Lipinski definition) is 6. The van der Waals surface area contributed by atoms with Gasteiger partial charge in [0.25, 0.3) is 0 Å². The molecular weight excluding hydrogens is 292 g/mol. The zero-order valence-corrected chi connectivity index (χ0v) is 13.1. The molecule has 2 heterocycles. The van der Waals surface area contributed by atoms with E-state index in [1.807, 2.05) is 37.6 Å². The normalized spacial score (nSPS) is 11.3. The number of nitrogens with two attached hydrogens (primary N) is 1. The summed E-state index contributed by atoms with van der Waals surface area (Å²) in [6, 6.07) is 10.3. The Balaban J connectivity index is 1.62. The van der Waals surface area contributed by atoms with E-state index in [1.54, 1.807) is 0 Å². The van der Waals surface area contributed by atoms with Crippen LogP contribution >= 0.6 is 0 Å². The Morgan fingerprint density at radius 3 is 2.78 bits per heavy atom. The molecule has 1 aromatic carbocycles. The van der Waals surface area contributed by atoms with Crippen LogP contribution in [-0.4, -0.2) is 31.6 Å². The highest BCUT2D eigenvalue weighted by Crippen LogP contribution is 2.09. The monoisotopic (exact) mass is 312 g/mol. The fraction of sp³-hybridized carbons (Fsp3) is 0.312. The summed E-state index contributed by atoms with van der Waals surface area (Å²) in [6.45, 7) is 2.36. The molecule has 23 heavy (non-hydrogen) atoms. The summed E-state index contributed by atoms with van der Waals surface area (Å²) in [7, 11) is 2.00. The molecule has 0 bridgehead atoms. The minimum absolute atomic E-state index is 0.262. The predicted octanol–water partition coefficient (Wildman–Crippen LogP) is 1.41. The van der Waals surface area contributed by atoms with Gasteiger partial charge >= 0.3 is 0 Å². The van der Waals surface area contributed by atoms with Crippen molar-refractivity contribution < 1.29 is 4.52 Å². The summed E-state index contributed by atoms with van der Waals surface area (Å²) in [5.41, 5.74) is 6.72. The highest BCUT2D eigenvalue weighted by molar-refractivity contribution is 5.15. The van der Waals surface area contributed by atoms with Crippen molar-refractivity contribution in [3.63, 3.8) is 0 Å². The summed E-state index contributed by atoms with van der Waals surface area (Å²) in [5.74, 6) is 2.09. The van der Waals surface area contributed by atoms with Crippen LogP contribution in [0.4, 0.5) is 0 Å². The van der Waals surface area contributed by atoms with Crippen LogP contribution in [0.25, 0.3) is 0 Å². The maximum atomic E-state index is 5.47. The first kappa shape index (κ1) is 15.4. The molecule has 0 amide bonds. The maximum Gasteiger partial charge on any atom is 0.240 e. The summed E-state index contributed by atoms with van der Waals surface area (Å²) >= 11 is 0. The van der Waals surface area contributed by atoms with Crippen molar-refractivity contribution in [2.75, 3.05) is 7.05 Å². The number of aromatic nitrogens is 4. The van der Waals surface area contributed by atoms with Crippen molar-refractivity contribution >= 4 is 0 Å². The molecule has 0 saturated heterocycles. The van der Waals surface area contributed by atoms with Crippen LogP contribution in [0.1, 0.15) is 23.1 Å². The molecule has 0 aliphatic carbocycles. The number of imidazole rings is 1. The van der Waals surface area contributed by atoms with Crippen LogP contribution in [0.2, 0.25) is 0 Å². The molecule has 0 atom stereocenters. The van der Waals surface area contributed by atoms with E-state index in [-0.39, 0.29) is 6.54 Å². The molecule has 7 nitrogen and oxygen atoms in total. The summed E-state index contributed by atoms with van der Waals surface area (Å²) in [6.07, 6.45) is 3.82. The predicted molar refractivity (Wildman–Crippen MR) is 85.1 cm³/mol. The molecule has 0 fully saturated rings. The van der Waals surface area contributed by atoms with E-state index in [0.717, 1.165) is 12.4 Å². The van der Waals surface area contributed by atoms with E-state index in [1.165, 1.54) is 5.56 Å². The second kappa shape index (κ2) is 7.17. The van der Waals surface area contributed by atoms with Gasteiger partial charge in [-0.25, -0.2) is 4.98 Å². The molecule has 0 unspecified atom stereocenters. The van der Waals surface area contributed by atoms with E-state index in [2.05, 4.69) is 36.7 Å². The van der Waals surface area contributed by atoms with E-state index in [0.29, 0.717) is 24.8 Å². The van der Waals surface area contributed by atoms with Crippen molar-refractivity contribution in [3.05, 3.63) is 65.8 Å².